The molecule has 0 aliphatic heterocycles. The number of halogens is 2. The predicted octanol–water partition coefficient (Wildman–Crippen LogP) is 6.64. The molecule has 0 aliphatic carbocycles. The number of phenolic OH excluding ortho intramolecular Hbond substituents is 1. The Morgan fingerprint density at radius 3 is 2.69 bits per heavy atom. The number of phenols is 1. The fourth-order valence-corrected chi connectivity index (χ4v) is 3.83. The van der Waals surface area contributed by atoms with Gasteiger partial charge in [0.2, 0.25) is 5.91 Å². The number of thiocarbonyl (C=S) groups is 1. The number of fused-ring (bicyclic) bond motifs is 1. The van der Waals surface area contributed by atoms with Crippen LogP contribution >= 0.6 is 35.4 Å². The summed E-state index contributed by atoms with van der Waals surface area (Å²) in [5.41, 5.74) is 1.42. The molecule has 32 heavy (non-hydrogen) atoms. The van der Waals surface area contributed by atoms with Crippen molar-refractivity contribution in [3.63, 3.8) is 0 Å². The monoisotopic (exact) mass is 482 g/mol. The Bertz CT molecular complexity index is 1360. The van der Waals surface area contributed by atoms with Gasteiger partial charge in [-0.25, -0.2) is 0 Å². The second kappa shape index (κ2) is 9.44. The Morgan fingerprint density at radius 1 is 1.03 bits per heavy atom. The number of hydrogen-bond acceptors (Lipinski definition) is 4. The summed E-state index contributed by atoms with van der Waals surface area (Å²) in [5.74, 6) is 0.803. The molecule has 160 valence electrons. The van der Waals surface area contributed by atoms with Crippen LogP contribution in [0.15, 0.2) is 77.2 Å². The highest BCUT2D eigenvalue weighted by Gasteiger charge is 2.09. The van der Waals surface area contributed by atoms with Gasteiger partial charge in [0, 0.05) is 27.7 Å². The van der Waals surface area contributed by atoms with Crippen molar-refractivity contribution in [3.05, 3.63) is 88.6 Å². The van der Waals surface area contributed by atoms with E-state index in [2.05, 4.69) is 10.6 Å². The molecule has 4 rings (SSSR count). The maximum absolute atomic E-state index is 12.3. The summed E-state index contributed by atoms with van der Waals surface area (Å²) in [5, 5.41) is 18.1. The Labute approximate surface area is 199 Å². The molecule has 4 aromatic rings. The summed E-state index contributed by atoms with van der Waals surface area (Å²) < 4.78 is 5.74. The van der Waals surface area contributed by atoms with Crippen LogP contribution in [0, 0.1) is 0 Å². The van der Waals surface area contributed by atoms with Gasteiger partial charge in [0.1, 0.15) is 17.3 Å². The van der Waals surface area contributed by atoms with Crippen LogP contribution < -0.4 is 10.6 Å². The third kappa shape index (κ3) is 5.11. The maximum Gasteiger partial charge on any atom is 0.250 e. The molecule has 8 heteroatoms. The van der Waals surface area contributed by atoms with E-state index in [9.17, 15) is 9.90 Å². The lowest BCUT2D eigenvalue weighted by atomic mass is 10.1. The number of furan rings is 1. The van der Waals surface area contributed by atoms with Crippen molar-refractivity contribution in [2.45, 2.75) is 0 Å². The molecule has 0 spiro atoms. The highest BCUT2D eigenvalue weighted by molar-refractivity contribution is 7.80. The zero-order chi connectivity index (χ0) is 22.7. The molecule has 0 radical (unpaired) electrons. The number of benzene rings is 3. The van der Waals surface area contributed by atoms with E-state index in [0.29, 0.717) is 32.8 Å². The van der Waals surface area contributed by atoms with Crippen molar-refractivity contribution in [2.75, 3.05) is 5.32 Å². The molecule has 1 aromatic heterocycles. The molecule has 0 saturated heterocycles. The standard InChI is InChI=1S/C24H16Cl2N2O3S/c25-15-4-8-19(20(26)13-15)22-10-6-17(31-22)7-11-23(30)28-24(32)27-21-3-1-2-14-12-16(29)5-9-18(14)21/h1-13,29H,(H2,27,28,30,32). The highest BCUT2D eigenvalue weighted by atomic mass is 35.5. The molecular formula is C24H16Cl2N2O3S. The first-order valence-electron chi connectivity index (χ1n) is 9.46. The zero-order valence-corrected chi connectivity index (χ0v) is 18.8. The summed E-state index contributed by atoms with van der Waals surface area (Å²) in [7, 11) is 0. The van der Waals surface area contributed by atoms with Crippen LogP contribution in [0.2, 0.25) is 10.0 Å². The quantitative estimate of drug-likeness (QED) is 0.224. The first kappa shape index (κ1) is 21.9. The topological polar surface area (TPSA) is 74.5 Å². The fourth-order valence-electron chi connectivity index (χ4n) is 3.12. The van der Waals surface area contributed by atoms with Crippen LogP contribution in [-0.4, -0.2) is 16.1 Å². The number of rotatable bonds is 4. The number of anilines is 1. The lowest BCUT2D eigenvalue weighted by Gasteiger charge is -2.11. The second-order valence-corrected chi connectivity index (χ2v) is 8.07. The van der Waals surface area contributed by atoms with E-state index in [4.69, 9.17) is 39.8 Å². The van der Waals surface area contributed by atoms with Crippen LogP contribution in [0.4, 0.5) is 5.69 Å². The lowest BCUT2D eigenvalue weighted by molar-refractivity contribution is -0.115. The van der Waals surface area contributed by atoms with Crippen LogP contribution in [0.25, 0.3) is 28.2 Å². The molecule has 3 N–H and O–H groups in total. The van der Waals surface area contributed by atoms with Gasteiger partial charge in [0.05, 0.1) is 5.02 Å². The average molecular weight is 483 g/mol. The molecule has 0 aliphatic rings. The third-order valence-electron chi connectivity index (χ3n) is 4.57. The van der Waals surface area contributed by atoms with Gasteiger partial charge in [-0.3, -0.25) is 10.1 Å². The number of amides is 1. The van der Waals surface area contributed by atoms with Gasteiger partial charge in [0.15, 0.2) is 5.11 Å². The SMILES string of the molecule is O=C(C=Cc1ccc(-c2ccc(Cl)cc2Cl)o1)NC(=S)Nc1cccc2cc(O)ccc12. The molecule has 1 heterocycles. The van der Waals surface area contributed by atoms with Crippen molar-refractivity contribution in [3.8, 4) is 17.1 Å². The summed E-state index contributed by atoms with van der Waals surface area (Å²) >= 11 is 17.4. The van der Waals surface area contributed by atoms with Crippen molar-refractivity contribution < 1.29 is 14.3 Å². The van der Waals surface area contributed by atoms with E-state index in [1.807, 2.05) is 18.2 Å². The van der Waals surface area contributed by atoms with Gasteiger partial charge >= 0.3 is 0 Å². The van der Waals surface area contributed by atoms with Crippen LogP contribution in [-0.2, 0) is 4.79 Å². The Balaban J connectivity index is 1.40. The van der Waals surface area contributed by atoms with Crippen molar-refractivity contribution in [1.82, 2.24) is 5.32 Å². The first-order valence-corrected chi connectivity index (χ1v) is 10.6. The number of aromatic hydroxyl groups is 1. The van der Waals surface area contributed by atoms with Gasteiger partial charge in [-0.1, -0.05) is 35.3 Å². The summed E-state index contributed by atoms with van der Waals surface area (Å²) in [6, 6.07) is 19.2. The predicted molar refractivity (Wildman–Crippen MR) is 133 cm³/mol. The molecule has 5 nitrogen and oxygen atoms in total. The summed E-state index contributed by atoms with van der Waals surface area (Å²) in [6.07, 6.45) is 2.85. The fraction of sp³-hybridized carbons (Fsp3) is 0. The highest BCUT2D eigenvalue weighted by Crippen LogP contribution is 2.32. The van der Waals surface area contributed by atoms with Crippen molar-refractivity contribution in [1.29, 1.82) is 0 Å². The number of carbonyl (C=O) groups excluding carboxylic acids is 1. The number of carbonyl (C=O) groups is 1. The van der Waals surface area contributed by atoms with E-state index < -0.39 is 5.91 Å². The Morgan fingerprint density at radius 2 is 1.88 bits per heavy atom. The molecule has 1 amide bonds. The van der Waals surface area contributed by atoms with Gasteiger partial charge in [-0.15, -0.1) is 0 Å². The van der Waals surface area contributed by atoms with Crippen LogP contribution in [0.1, 0.15) is 5.76 Å². The molecule has 0 fully saturated rings. The lowest BCUT2D eigenvalue weighted by Crippen LogP contribution is -2.32. The summed E-state index contributed by atoms with van der Waals surface area (Å²) in [6.45, 7) is 0. The molecule has 0 unspecified atom stereocenters. The minimum atomic E-state index is -0.414. The number of hydrogen-bond donors (Lipinski definition) is 3. The summed E-state index contributed by atoms with van der Waals surface area (Å²) in [4.78, 5) is 12.3. The van der Waals surface area contributed by atoms with Gasteiger partial charge in [0.25, 0.3) is 0 Å². The normalized spacial score (nSPS) is 11.1. The van der Waals surface area contributed by atoms with Crippen molar-refractivity contribution in [2.24, 2.45) is 0 Å². The molecule has 0 saturated carbocycles. The molecular weight excluding hydrogens is 467 g/mol. The minimum absolute atomic E-state index is 0.147. The van der Waals surface area contributed by atoms with Gasteiger partial charge < -0.3 is 14.8 Å². The van der Waals surface area contributed by atoms with E-state index in [1.54, 1.807) is 48.5 Å². The maximum atomic E-state index is 12.3. The van der Waals surface area contributed by atoms with Gasteiger partial charge in [-0.05, 0) is 78.3 Å². The molecule has 0 bridgehead atoms. The van der Waals surface area contributed by atoms with Crippen LogP contribution in [0.5, 0.6) is 5.75 Å². The average Bonchev–Trinajstić information content (AvgIpc) is 3.21. The van der Waals surface area contributed by atoms with E-state index in [-0.39, 0.29) is 10.9 Å². The second-order valence-electron chi connectivity index (χ2n) is 6.81. The molecule has 3 aromatic carbocycles. The largest absolute Gasteiger partial charge is 0.508 e. The number of nitrogens with one attached hydrogen (secondary N) is 2. The first-order chi connectivity index (χ1) is 15.4. The Kier molecular flexibility index (Phi) is 6.46. The van der Waals surface area contributed by atoms with Gasteiger partial charge in [-0.2, -0.15) is 0 Å². The minimum Gasteiger partial charge on any atom is -0.508 e. The van der Waals surface area contributed by atoms with Crippen LogP contribution in [0.3, 0.4) is 0 Å². The Hall–Kier alpha value is -3.32. The van der Waals surface area contributed by atoms with Crippen molar-refractivity contribution >= 4 is 69.0 Å². The van der Waals surface area contributed by atoms with E-state index in [1.165, 1.54) is 12.2 Å². The van der Waals surface area contributed by atoms with E-state index in [0.717, 1.165) is 10.8 Å². The third-order valence-corrected chi connectivity index (χ3v) is 5.32. The zero-order valence-electron chi connectivity index (χ0n) is 16.4. The molecule has 0 atom stereocenters. The van der Waals surface area contributed by atoms with E-state index >= 15 is 0 Å². The smallest absolute Gasteiger partial charge is 0.250 e.